The van der Waals surface area contributed by atoms with E-state index in [0.29, 0.717) is 22.5 Å². The molecule has 1 N–H and O–H groups in total. The Morgan fingerprint density at radius 3 is 1.88 bits per heavy atom. The van der Waals surface area contributed by atoms with Gasteiger partial charge in [0, 0.05) is 11.4 Å². The quantitative estimate of drug-likeness (QED) is 0.346. The Hall–Kier alpha value is -2.49. The van der Waals surface area contributed by atoms with Crippen LogP contribution >= 0.6 is 23.2 Å². The van der Waals surface area contributed by atoms with Crippen LogP contribution in [-0.4, -0.2) is 6.03 Å². The molecule has 3 aromatic rings. The average Bonchev–Trinajstić information content (AvgIpc) is 2.79. The molecule has 0 radical (unpaired) electrons. The largest absolute Gasteiger partial charge is 0.326 e. The highest BCUT2D eigenvalue weighted by molar-refractivity contribution is 6.42. The van der Waals surface area contributed by atoms with Gasteiger partial charge >= 0.3 is 6.03 Å². The maximum absolute atomic E-state index is 13.8. The van der Waals surface area contributed by atoms with E-state index in [1.807, 2.05) is 24.3 Å². The van der Waals surface area contributed by atoms with Crippen LogP contribution in [0.3, 0.4) is 0 Å². The Labute approximate surface area is 214 Å². The Balaban J connectivity index is 2.02. The van der Waals surface area contributed by atoms with Gasteiger partial charge in [-0.25, -0.2) is 4.79 Å². The molecule has 5 heteroatoms. The number of carbonyl (C=O) groups is 1. The summed E-state index contributed by atoms with van der Waals surface area (Å²) in [6, 6.07) is 19.7. The number of para-hydroxylation sites is 1. The van der Waals surface area contributed by atoms with E-state index in [1.165, 1.54) is 5.56 Å². The number of hydrogen-bond donors (Lipinski definition) is 1. The van der Waals surface area contributed by atoms with Gasteiger partial charge < -0.3 is 5.32 Å². The molecule has 0 bridgehead atoms. The highest BCUT2D eigenvalue weighted by atomic mass is 35.5. The molecule has 34 heavy (non-hydrogen) atoms. The van der Waals surface area contributed by atoms with Crippen molar-refractivity contribution in [2.24, 2.45) is 0 Å². The van der Waals surface area contributed by atoms with Gasteiger partial charge in [0.2, 0.25) is 0 Å². The van der Waals surface area contributed by atoms with E-state index in [-0.39, 0.29) is 17.9 Å². The van der Waals surface area contributed by atoms with Crippen LogP contribution in [0.1, 0.15) is 81.5 Å². The van der Waals surface area contributed by atoms with Gasteiger partial charge in [0.05, 0.1) is 16.6 Å². The molecule has 0 aliphatic carbocycles. The number of nitrogens with zero attached hydrogens (tertiary/aromatic N) is 1. The van der Waals surface area contributed by atoms with Crippen LogP contribution in [0.25, 0.3) is 0 Å². The topological polar surface area (TPSA) is 32.3 Å². The fourth-order valence-electron chi connectivity index (χ4n) is 4.01. The number of halogens is 2. The van der Waals surface area contributed by atoms with Gasteiger partial charge in [0.1, 0.15) is 0 Å². The molecule has 0 aromatic heterocycles. The van der Waals surface area contributed by atoms with Crippen molar-refractivity contribution in [2.45, 2.75) is 65.8 Å². The molecule has 0 saturated carbocycles. The number of benzene rings is 3. The van der Waals surface area contributed by atoms with E-state index < -0.39 is 0 Å². The second kappa shape index (κ2) is 11.3. The van der Waals surface area contributed by atoms with Gasteiger partial charge in [-0.1, -0.05) is 101 Å². The van der Waals surface area contributed by atoms with Gasteiger partial charge in [-0.15, -0.1) is 0 Å². The van der Waals surface area contributed by atoms with E-state index in [9.17, 15) is 4.79 Å². The fourth-order valence-corrected chi connectivity index (χ4v) is 4.33. The highest BCUT2D eigenvalue weighted by Gasteiger charge is 2.21. The lowest BCUT2D eigenvalue weighted by Crippen LogP contribution is -2.35. The maximum Gasteiger partial charge on any atom is 0.326 e. The molecule has 0 heterocycles. The minimum absolute atomic E-state index is 0.182. The molecule has 180 valence electrons. The summed E-state index contributed by atoms with van der Waals surface area (Å²) in [7, 11) is 0. The van der Waals surface area contributed by atoms with Gasteiger partial charge in [-0.2, -0.15) is 0 Å². The molecule has 3 rings (SSSR count). The molecular formula is C29H34Cl2N2O. The predicted octanol–water partition coefficient (Wildman–Crippen LogP) is 9.60. The molecule has 0 aliphatic heterocycles. The van der Waals surface area contributed by atoms with Crippen LogP contribution < -0.4 is 10.2 Å². The van der Waals surface area contributed by atoms with E-state index in [0.717, 1.165) is 28.1 Å². The van der Waals surface area contributed by atoms with E-state index in [4.69, 9.17) is 23.2 Å². The van der Waals surface area contributed by atoms with E-state index >= 15 is 0 Å². The van der Waals surface area contributed by atoms with Crippen LogP contribution in [0.2, 0.25) is 10.0 Å². The zero-order valence-corrected chi connectivity index (χ0v) is 22.3. The lowest BCUT2D eigenvalue weighted by Gasteiger charge is -2.27. The summed E-state index contributed by atoms with van der Waals surface area (Å²) in [5, 5.41) is 4.22. The van der Waals surface area contributed by atoms with Crippen LogP contribution in [0, 0.1) is 0 Å². The summed E-state index contributed by atoms with van der Waals surface area (Å²) in [6.07, 6.45) is 0. The summed E-state index contributed by atoms with van der Waals surface area (Å²) < 4.78 is 0. The van der Waals surface area contributed by atoms with Crippen molar-refractivity contribution < 1.29 is 4.79 Å². The van der Waals surface area contributed by atoms with Gasteiger partial charge in [-0.3, -0.25) is 4.90 Å². The summed E-state index contributed by atoms with van der Waals surface area (Å²) in [6.45, 7) is 13.3. The minimum atomic E-state index is -0.182. The molecule has 0 unspecified atom stereocenters. The van der Waals surface area contributed by atoms with E-state index in [2.05, 4.69) is 77.2 Å². The first-order valence-corrected chi connectivity index (χ1v) is 12.6. The van der Waals surface area contributed by atoms with Crippen molar-refractivity contribution in [1.29, 1.82) is 0 Å². The molecule has 0 saturated heterocycles. The number of urea groups is 1. The third-order valence-corrected chi connectivity index (χ3v) is 6.79. The number of carbonyl (C=O) groups excluding carboxylic acids is 1. The van der Waals surface area contributed by atoms with Crippen molar-refractivity contribution in [3.63, 3.8) is 0 Å². The van der Waals surface area contributed by atoms with Crippen molar-refractivity contribution in [3.05, 3.63) is 93.0 Å². The first-order chi connectivity index (χ1) is 16.1. The number of hydrogen-bond acceptors (Lipinski definition) is 1. The monoisotopic (exact) mass is 496 g/mol. The Morgan fingerprint density at radius 2 is 1.38 bits per heavy atom. The van der Waals surface area contributed by atoms with Gasteiger partial charge in [0.15, 0.2) is 0 Å². The second-order valence-electron chi connectivity index (χ2n) is 9.63. The lowest BCUT2D eigenvalue weighted by atomic mass is 9.93. The summed E-state index contributed by atoms with van der Waals surface area (Å²) in [4.78, 5) is 15.5. The number of nitrogens with one attached hydrogen (secondary N) is 1. The van der Waals surface area contributed by atoms with Gasteiger partial charge in [-0.05, 0) is 64.3 Å². The lowest BCUT2D eigenvalue weighted by molar-refractivity contribution is 0.256. The van der Waals surface area contributed by atoms with Crippen LogP contribution in [0.5, 0.6) is 0 Å². The summed E-state index contributed by atoms with van der Waals surface area (Å²) >= 11 is 12.4. The minimum Gasteiger partial charge on any atom is -0.307 e. The molecule has 0 spiro atoms. The number of anilines is 2. The molecule has 0 aliphatic rings. The fraction of sp³-hybridized carbons (Fsp3) is 0.345. The number of rotatable bonds is 7. The van der Waals surface area contributed by atoms with Crippen LogP contribution in [-0.2, 0) is 6.54 Å². The SMILES string of the molecule is CC(C)c1ccc(N(Cc2ccc(Cl)c(Cl)c2)C(=O)Nc2c(C(C)C)cccc2C(C)C)cc1. The third kappa shape index (κ3) is 6.14. The number of amides is 2. The van der Waals surface area contributed by atoms with Crippen molar-refractivity contribution in [2.75, 3.05) is 10.2 Å². The summed E-state index contributed by atoms with van der Waals surface area (Å²) in [5.74, 6) is 0.976. The predicted molar refractivity (Wildman–Crippen MR) is 147 cm³/mol. The van der Waals surface area contributed by atoms with Crippen molar-refractivity contribution in [1.82, 2.24) is 0 Å². The second-order valence-corrected chi connectivity index (χ2v) is 10.4. The van der Waals surface area contributed by atoms with Crippen LogP contribution in [0.4, 0.5) is 16.2 Å². The Morgan fingerprint density at radius 1 is 0.794 bits per heavy atom. The standard InChI is InChI=1S/C29H34Cl2N2O/c1-18(2)22-11-13-23(14-12-22)33(17-21-10-15-26(30)27(31)16-21)29(34)32-28-24(19(3)4)8-7-9-25(28)20(5)6/h7-16,18-20H,17H2,1-6H3,(H,32,34). The third-order valence-electron chi connectivity index (χ3n) is 6.05. The van der Waals surface area contributed by atoms with Gasteiger partial charge in [0.25, 0.3) is 0 Å². The van der Waals surface area contributed by atoms with Crippen molar-refractivity contribution in [3.8, 4) is 0 Å². The first kappa shape index (κ1) is 26.1. The molecular weight excluding hydrogens is 463 g/mol. The summed E-state index contributed by atoms with van der Waals surface area (Å²) in [5.41, 5.74) is 6.11. The maximum atomic E-state index is 13.8. The smallest absolute Gasteiger partial charge is 0.307 e. The molecule has 0 fully saturated rings. The Kier molecular flexibility index (Phi) is 8.67. The molecule has 3 aromatic carbocycles. The van der Waals surface area contributed by atoms with Crippen molar-refractivity contribution >= 4 is 40.6 Å². The molecule has 2 amide bonds. The first-order valence-electron chi connectivity index (χ1n) is 11.8. The normalized spacial score (nSPS) is 11.4. The Bertz CT molecular complexity index is 1110. The van der Waals surface area contributed by atoms with E-state index in [1.54, 1.807) is 11.0 Å². The zero-order valence-electron chi connectivity index (χ0n) is 20.8. The van der Waals surface area contributed by atoms with Crippen LogP contribution in [0.15, 0.2) is 60.7 Å². The highest BCUT2D eigenvalue weighted by Crippen LogP contribution is 2.33. The zero-order chi connectivity index (χ0) is 25.0. The molecule has 3 nitrogen and oxygen atoms in total. The molecule has 0 atom stereocenters. The average molecular weight is 498 g/mol.